The first kappa shape index (κ1) is 23.9. The first-order chi connectivity index (χ1) is 18.1. The lowest BCUT2D eigenvalue weighted by Gasteiger charge is -2.12. The molecule has 2 aromatic carbocycles. The molecule has 0 saturated heterocycles. The van der Waals surface area contributed by atoms with Crippen LogP contribution in [0.5, 0.6) is 0 Å². The summed E-state index contributed by atoms with van der Waals surface area (Å²) in [6.07, 6.45) is 6.77. The lowest BCUT2D eigenvalue weighted by Crippen LogP contribution is -2.12. The molecule has 184 valence electrons. The van der Waals surface area contributed by atoms with Crippen molar-refractivity contribution in [1.29, 1.82) is 0 Å². The summed E-state index contributed by atoms with van der Waals surface area (Å²) in [5.41, 5.74) is 7.50. The van der Waals surface area contributed by atoms with E-state index < -0.39 is 0 Å². The zero-order valence-corrected chi connectivity index (χ0v) is 20.6. The van der Waals surface area contributed by atoms with Crippen LogP contribution in [0, 0.1) is 6.92 Å². The summed E-state index contributed by atoms with van der Waals surface area (Å²) in [4.78, 5) is 26.0. The summed E-state index contributed by atoms with van der Waals surface area (Å²) in [5, 5.41) is 13.9. The van der Waals surface area contributed by atoms with Crippen molar-refractivity contribution in [3.05, 3.63) is 108 Å². The van der Waals surface area contributed by atoms with Gasteiger partial charge < -0.3 is 21.3 Å². The van der Waals surface area contributed by atoms with Crippen molar-refractivity contribution in [2.75, 3.05) is 23.0 Å². The van der Waals surface area contributed by atoms with Crippen LogP contribution < -0.4 is 21.3 Å². The van der Waals surface area contributed by atoms with Gasteiger partial charge >= 0.3 is 0 Å². The first-order valence-electron chi connectivity index (χ1n) is 11.9. The number of carbonyl (C=O) groups excluding carboxylic acids is 1. The molecular weight excluding hydrogens is 462 g/mol. The number of aryl methyl sites for hydroxylation is 1. The Kier molecular flexibility index (Phi) is 7.00. The van der Waals surface area contributed by atoms with Crippen LogP contribution >= 0.6 is 0 Å². The molecule has 0 saturated carbocycles. The van der Waals surface area contributed by atoms with Crippen molar-refractivity contribution in [2.45, 2.75) is 13.5 Å². The number of benzene rings is 2. The predicted octanol–water partition coefficient (Wildman–Crippen LogP) is 5.79. The molecule has 5 rings (SSSR count). The Morgan fingerprint density at radius 3 is 2.51 bits per heavy atom. The molecule has 0 aliphatic carbocycles. The monoisotopic (exact) mass is 489 g/mol. The zero-order valence-electron chi connectivity index (χ0n) is 20.6. The van der Waals surface area contributed by atoms with Gasteiger partial charge in [0, 0.05) is 59.0 Å². The molecule has 8 heteroatoms. The summed E-state index contributed by atoms with van der Waals surface area (Å²) in [7, 11) is 1.92. The van der Waals surface area contributed by atoms with Gasteiger partial charge in [0.15, 0.2) is 0 Å². The van der Waals surface area contributed by atoms with Crippen molar-refractivity contribution >= 4 is 45.2 Å². The van der Waals surface area contributed by atoms with Crippen molar-refractivity contribution in [3.63, 3.8) is 0 Å². The second kappa shape index (κ2) is 10.8. The summed E-state index contributed by atoms with van der Waals surface area (Å²) in [5.74, 6) is -0.246. The normalized spacial score (nSPS) is 10.8. The molecular formula is C29H27N7O. The lowest BCUT2D eigenvalue weighted by atomic mass is 10.1. The highest BCUT2D eigenvalue weighted by molar-refractivity contribution is 6.05. The molecule has 0 aliphatic rings. The van der Waals surface area contributed by atoms with Gasteiger partial charge in [-0.15, -0.1) is 0 Å². The third-order valence-electron chi connectivity index (χ3n) is 5.77. The predicted molar refractivity (Wildman–Crippen MR) is 149 cm³/mol. The molecule has 0 bridgehead atoms. The van der Waals surface area contributed by atoms with Gasteiger partial charge in [0.25, 0.3) is 5.91 Å². The first-order valence-corrected chi connectivity index (χ1v) is 11.9. The van der Waals surface area contributed by atoms with Gasteiger partial charge in [0.05, 0.1) is 23.0 Å². The minimum Gasteiger partial charge on any atom is -0.355 e. The number of fused-ring (bicyclic) bond motifs is 1. The van der Waals surface area contributed by atoms with Gasteiger partial charge in [0.2, 0.25) is 0 Å². The molecule has 0 radical (unpaired) electrons. The molecule has 37 heavy (non-hydrogen) atoms. The highest BCUT2D eigenvalue weighted by atomic mass is 16.1. The molecule has 3 aromatic heterocycles. The van der Waals surface area contributed by atoms with Crippen LogP contribution in [0.2, 0.25) is 0 Å². The smallest absolute Gasteiger partial charge is 0.257 e. The second-order valence-electron chi connectivity index (χ2n) is 8.67. The minimum absolute atomic E-state index is 0.246. The quantitative estimate of drug-likeness (QED) is 0.219. The molecule has 0 unspecified atom stereocenters. The third kappa shape index (κ3) is 5.88. The molecule has 3 heterocycles. The number of nitrogens with zero attached hydrogens (tertiary/aromatic N) is 3. The van der Waals surface area contributed by atoms with E-state index in [-0.39, 0.29) is 5.91 Å². The number of pyridine rings is 3. The summed E-state index contributed by atoms with van der Waals surface area (Å²) in [6.45, 7) is 2.71. The topological polar surface area (TPSA) is 104 Å². The Balaban J connectivity index is 1.32. The van der Waals surface area contributed by atoms with Crippen molar-refractivity contribution in [2.24, 2.45) is 0 Å². The van der Waals surface area contributed by atoms with E-state index in [1.54, 1.807) is 30.9 Å². The average Bonchev–Trinajstić information content (AvgIpc) is 2.90. The van der Waals surface area contributed by atoms with E-state index in [0.717, 1.165) is 45.8 Å². The van der Waals surface area contributed by atoms with Gasteiger partial charge in [-0.25, -0.2) is 0 Å². The molecule has 8 nitrogen and oxygen atoms in total. The second-order valence-corrected chi connectivity index (χ2v) is 8.67. The lowest BCUT2D eigenvalue weighted by molar-refractivity contribution is 0.102. The van der Waals surface area contributed by atoms with E-state index >= 15 is 0 Å². The molecule has 4 N–H and O–H groups in total. The Labute approximate surface area is 215 Å². The van der Waals surface area contributed by atoms with E-state index in [0.29, 0.717) is 16.9 Å². The highest BCUT2D eigenvalue weighted by Crippen LogP contribution is 2.27. The molecule has 0 atom stereocenters. The van der Waals surface area contributed by atoms with Gasteiger partial charge in [-0.3, -0.25) is 19.7 Å². The highest BCUT2D eigenvalue weighted by Gasteiger charge is 2.10. The maximum absolute atomic E-state index is 13.0. The minimum atomic E-state index is -0.246. The van der Waals surface area contributed by atoms with E-state index in [2.05, 4.69) is 48.4 Å². The van der Waals surface area contributed by atoms with Crippen molar-refractivity contribution in [1.82, 2.24) is 20.3 Å². The summed E-state index contributed by atoms with van der Waals surface area (Å²) in [6, 6.07) is 21.3. The van der Waals surface area contributed by atoms with E-state index in [1.165, 1.54) is 0 Å². The Morgan fingerprint density at radius 1 is 0.811 bits per heavy atom. The van der Waals surface area contributed by atoms with E-state index in [4.69, 9.17) is 0 Å². The fourth-order valence-electron chi connectivity index (χ4n) is 4.07. The summed E-state index contributed by atoms with van der Waals surface area (Å²) >= 11 is 0. The Bertz CT molecular complexity index is 1570. The number of hydrogen-bond donors (Lipinski definition) is 4. The van der Waals surface area contributed by atoms with E-state index in [9.17, 15) is 4.79 Å². The van der Waals surface area contributed by atoms with Gasteiger partial charge in [0.1, 0.15) is 0 Å². The third-order valence-corrected chi connectivity index (χ3v) is 5.77. The molecule has 0 spiro atoms. The molecule has 5 aromatic rings. The maximum atomic E-state index is 13.0. The number of hydrogen-bond acceptors (Lipinski definition) is 7. The average molecular weight is 490 g/mol. The number of aromatic nitrogens is 3. The van der Waals surface area contributed by atoms with Crippen LogP contribution in [-0.2, 0) is 6.54 Å². The number of amides is 1. The number of anilines is 5. The van der Waals surface area contributed by atoms with Crippen LogP contribution in [0.1, 0.15) is 21.6 Å². The van der Waals surface area contributed by atoms with Crippen LogP contribution in [-0.4, -0.2) is 27.9 Å². The van der Waals surface area contributed by atoms with Crippen LogP contribution in [0.4, 0.5) is 28.4 Å². The number of nitrogens with one attached hydrogen (secondary N) is 4. The van der Waals surface area contributed by atoms with Crippen LogP contribution in [0.3, 0.4) is 0 Å². The zero-order chi connectivity index (χ0) is 25.6. The SMILES string of the molecule is CNCc1ccc2nccc(Nc3cncc(C(=O)Nc4cccc(Nc5ccnc(C)c5)c4)c3)c2c1. The Morgan fingerprint density at radius 2 is 1.65 bits per heavy atom. The van der Waals surface area contributed by atoms with Crippen molar-refractivity contribution < 1.29 is 4.79 Å². The molecule has 0 aliphatic heterocycles. The Hall–Kier alpha value is -4.82. The van der Waals surface area contributed by atoms with Gasteiger partial charge in [-0.05, 0) is 74.1 Å². The van der Waals surface area contributed by atoms with E-state index in [1.807, 2.05) is 62.5 Å². The van der Waals surface area contributed by atoms with Crippen molar-refractivity contribution in [3.8, 4) is 0 Å². The number of carbonyl (C=O) groups is 1. The van der Waals surface area contributed by atoms with Gasteiger partial charge in [-0.1, -0.05) is 12.1 Å². The van der Waals surface area contributed by atoms with Gasteiger partial charge in [-0.2, -0.15) is 0 Å². The summed E-state index contributed by atoms with van der Waals surface area (Å²) < 4.78 is 0. The standard InChI is InChI=1S/C29H27N7O/c1-19-12-24(8-10-32-19)34-22-4-3-5-23(15-22)36-29(37)21-14-25(18-31-17-21)35-28-9-11-33-27-7-6-20(16-30-2)13-26(27)28/h3-15,17-18,30H,16H2,1-2H3,(H,32,34)(H,33,35)(H,36,37). The van der Waals surface area contributed by atoms with Crippen LogP contribution in [0.15, 0.2) is 91.5 Å². The molecule has 0 fully saturated rings. The maximum Gasteiger partial charge on any atom is 0.257 e. The number of rotatable bonds is 8. The molecule has 1 amide bonds. The fourth-order valence-corrected chi connectivity index (χ4v) is 4.07. The fraction of sp³-hybridized carbons (Fsp3) is 0.103. The largest absolute Gasteiger partial charge is 0.355 e. The van der Waals surface area contributed by atoms with Crippen LogP contribution in [0.25, 0.3) is 10.9 Å².